The molecule has 1 rings (SSSR count). The van der Waals surface area contributed by atoms with Gasteiger partial charge in [0.2, 0.25) is 0 Å². The lowest BCUT2D eigenvalue weighted by Gasteiger charge is -2.10. The van der Waals surface area contributed by atoms with Crippen molar-refractivity contribution in [3.63, 3.8) is 0 Å². The Morgan fingerprint density at radius 2 is 1.21 bits per heavy atom. The molecule has 0 saturated carbocycles. The molecular weight excluding hydrogens is 238 g/mol. The molecule has 0 spiro atoms. The highest BCUT2D eigenvalue weighted by atomic mass is 32.2. The average molecular weight is 251 g/mol. The maximum atomic E-state index is 8.67. The van der Waals surface area contributed by atoms with Crippen molar-refractivity contribution < 1.29 is 31.4 Å². The minimum absolute atomic E-state index is 0.889. The van der Waals surface area contributed by atoms with Crippen molar-refractivity contribution in [2.45, 2.75) is 0 Å². The molecule has 10 heteroatoms. The van der Waals surface area contributed by atoms with Gasteiger partial charge in [-0.2, -0.15) is 8.42 Å². The van der Waals surface area contributed by atoms with E-state index in [0.29, 0.717) is 0 Å². The summed E-state index contributed by atoms with van der Waals surface area (Å²) in [6, 6.07) is 0. The van der Waals surface area contributed by atoms with Crippen molar-refractivity contribution in [3.8, 4) is 0 Å². The van der Waals surface area contributed by atoms with Gasteiger partial charge in [0.15, 0.2) is 0 Å². The molecule has 0 unspecified atom stereocenters. The van der Waals surface area contributed by atoms with Gasteiger partial charge >= 0.3 is 0 Å². The predicted molar refractivity (Wildman–Crippen MR) is 50.5 cm³/mol. The lowest BCUT2D eigenvalue weighted by atomic mass is 10.5. The first-order valence-electron chi connectivity index (χ1n) is 3.35. The van der Waals surface area contributed by atoms with E-state index in [0.717, 1.165) is 26.3 Å². The number of nitrogens with one attached hydrogen (secondary N) is 1. The van der Waals surface area contributed by atoms with Crippen molar-refractivity contribution in [3.05, 3.63) is 0 Å². The van der Waals surface area contributed by atoms with Gasteiger partial charge in [0, 0.05) is 13.1 Å². The molecule has 14 heavy (non-hydrogen) atoms. The lowest BCUT2D eigenvalue weighted by Crippen LogP contribution is -2.30. The van der Waals surface area contributed by atoms with Crippen LogP contribution < -0.4 is 5.32 Å². The molecule has 0 atom stereocenters. The van der Waals surface area contributed by atoms with Crippen LogP contribution in [0.4, 0.5) is 0 Å². The fraction of sp³-hybridized carbons (Fsp3) is 1.00. The summed E-state index contributed by atoms with van der Waals surface area (Å²) in [5.41, 5.74) is 0. The van der Waals surface area contributed by atoms with Crippen molar-refractivity contribution in [1.29, 1.82) is 0 Å². The summed E-state index contributed by atoms with van der Waals surface area (Å²) in [6.45, 7) is 3.83. The monoisotopic (exact) mass is 251 g/mol. The van der Waals surface area contributed by atoms with Gasteiger partial charge in [-0.05, 0) is 0 Å². The number of ether oxygens (including phenoxy) is 1. The fourth-order valence-electron chi connectivity index (χ4n) is 0.516. The highest BCUT2D eigenvalue weighted by molar-refractivity contribution is 7.73. The second kappa shape index (κ2) is 13.1. The zero-order valence-corrected chi connectivity index (χ0v) is 8.79. The summed E-state index contributed by atoms with van der Waals surface area (Å²) >= 11 is -5.22. The van der Waals surface area contributed by atoms with Gasteiger partial charge in [-0.25, -0.2) is 0 Å². The zero-order chi connectivity index (χ0) is 11.4. The normalized spacial score (nSPS) is 15.3. The first-order valence-corrected chi connectivity index (χ1v) is 5.48. The van der Waals surface area contributed by atoms with Crippen LogP contribution in [0.1, 0.15) is 0 Å². The minimum atomic E-state index is -2.61. The average Bonchev–Trinajstić information content (AvgIpc) is 2.05. The van der Waals surface area contributed by atoms with Crippen LogP contribution in [0.2, 0.25) is 0 Å². The smallest absolute Gasteiger partial charge is 0.299 e. The molecule has 0 aliphatic carbocycles. The molecule has 0 bridgehead atoms. The summed E-state index contributed by atoms with van der Waals surface area (Å²) in [4.78, 5) is 0. The molecular formula is C4H13NO7S2. The molecule has 0 radical (unpaired) electrons. The quantitative estimate of drug-likeness (QED) is 0.345. The van der Waals surface area contributed by atoms with Crippen LogP contribution >= 0.6 is 0 Å². The maximum absolute atomic E-state index is 8.67. The number of rotatable bonds is 0. The van der Waals surface area contributed by atoms with E-state index in [-0.39, 0.29) is 0 Å². The Hall–Kier alpha value is 0.0600. The Morgan fingerprint density at radius 3 is 1.29 bits per heavy atom. The third kappa shape index (κ3) is 40.2. The van der Waals surface area contributed by atoms with E-state index in [1.807, 2.05) is 0 Å². The number of hydrogen-bond acceptors (Lipinski definition) is 4. The summed E-state index contributed by atoms with van der Waals surface area (Å²) in [5, 5.41) is 3.16. The molecule has 5 N–H and O–H groups in total. The largest absolute Gasteiger partial charge is 0.379 e. The first kappa shape index (κ1) is 16.5. The van der Waals surface area contributed by atoms with Crippen LogP contribution in [0.15, 0.2) is 0 Å². The van der Waals surface area contributed by atoms with Crippen molar-refractivity contribution in [1.82, 2.24) is 5.32 Å². The maximum Gasteiger partial charge on any atom is 0.299 e. The summed E-state index contributed by atoms with van der Waals surface area (Å²) < 4.78 is 50.7. The topological polar surface area (TPSA) is 136 Å². The predicted octanol–water partition coefficient (Wildman–Crippen LogP) is -1.03. The Kier molecular flexibility index (Phi) is 15.4. The van der Waals surface area contributed by atoms with E-state index in [1.54, 1.807) is 0 Å². The van der Waals surface area contributed by atoms with Crippen molar-refractivity contribution >= 4 is 22.7 Å². The van der Waals surface area contributed by atoms with E-state index in [1.165, 1.54) is 0 Å². The van der Waals surface area contributed by atoms with E-state index >= 15 is 0 Å². The van der Waals surface area contributed by atoms with Crippen LogP contribution in [0, 0.1) is 0 Å². The zero-order valence-electron chi connectivity index (χ0n) is 7.16. The summed E-state index contributed by atoms with van der Waals surface area (Å²) in [6.07, 6.45) is 0. The van der Waals surface area contributed by atoms with Crippen molar-refractivity contribution in [2.75, 3.05) is 26.3 Å². The summed E-state index contributed by atoms with van der Waals surface area (Å²) in [5.74, 6) is 0. The SMILES string of the molecule is C1COCCN1.O=S(O)O.O=S(O)O. The van der Waals surface area contributed by atoms with E-state index in [4.69, 9.17) is 31.4 Å². The van der Waals surface area contributed by atoms with Gasteiger partial charge < -0.3 is 10.1 Å². The highest BCUT2D eigenvalue weighted by Gasteiger charge is 1.92. The molecule has 0 aromatic rings. The summed E-state index contributed by atoms with van der Waals surface area (Å²) in [7, 11) is 0. The molecule has 0 aromatic carbocycles. The Labute approximate surface area is 86.3 Å². The van der Waals surface area contributed by atoms with Gasteiger partial charge in [0.25, 0.3) is 22.7 Å². The number of hydrogen-bond donors (Lipinski definition) is 5. The van der Waals surface area contributed by atoms with Crippen LogP contribution in [-0.2, 0) is 27.5 Å². The third-order valence-electron chi connectivity index (χ3n) is 0.846. The van der Waals surface area contributed by atoms with Crippen LogP contribution in [-0.4, -0.2) is 52.9 Å². The van der Waals surface area contributed by atoms with Gasteiger partial charge in [0.1, 0.15) is 0 Å². The molecule has 1 saturated heterocycles. The second-order valence-electron chi connectivity index (χ2n) is 1.82. The Morgan fingerprint density at radius 1 is 0.929 bits per heavy atom. The highest BCUT2D eigenvalue weighted by Crippen LogP contribution is 1.76. The molecule has 1 aliphatic rings. The van der Waals surface area contributed by atoms with E-state index in [9.17, 15) is 0 Å². The lowest BCUT2D eigenvalue weighted by molar-refractivity contribution is 0.109. The Bertz CT molecular complexity index is 130. The fourth-order valence-corrected chi connectivity index (χ4v) is 0.516. The third-order valence-corrected chi connectivity index (χ3v) is 0.846. The van der Waals surface area contributed by atoms with E-state index in [2.05, 4.69) is 5.32 Å². The van der Waals surface area contributed by atoms with Gasteiger partial charge in [-0.15, -0.1) is 0 Å². The van der Waals surface area contributed by atoms with Gasteiger partial charge in [-0.3, -0.25) is 18.2 Å². The molecule has 1 aliphatic heterocycles. The standard InChI is InChI=1S/C4H9NO.2H2O3S/c1-3-6-4-2-5-1;2*1-4(2)3/h5H,1-4H2;2*(H2,1,2,3). The van der Waals surface area contributed by atoms with Gasteiger partial charge in [-0.1, -0.05) is 0 Å². The molecule has 1 heterocycles. The molecule has 88 valence electrons. The molecule has 1 fully saturated rings. The second-order valence-corrected chi connectivity index (χ2v) is 2.75. The number of morpholine rings is 1. The van der Waals surface area contributed by atoms with Crippen molar-refractivity contribution in [2.24, 2.45) is 0 Å². The van der Waals surface area contributed by atoms with E-state index < -0.39 is 22.7 Å². The van der Waals surface area contributed by atoms with Gasteiger partial charge in [0.05, 0.1) is 13.2 Å². The minimum Gasteiger partial charge on any atom is -0.379 e. The van der Waals surface area contributed by atoms with Crippen LogP contribution in [0.3, 0.4) is 0 Å². The van der Waals surface area contributed by atoms with Crippen LogP contribution in [0.5, 0.6) is 0 Å². The molecule has 8 nitrogen and oxygen atoms in total. The first-order chi connectivity index (χ1) is 6.46. The molecule has 0 aromatic heterocycles. The van der Waals surface area contributed by atoms with Crippen LogP contribution in [0.25, 0.3) is 0 Å². The molecule has 0 amide bonds. The Balaban J connectivity index is 0.